The number of amides is 1. The molecule has 120 valence electrons. The van der Waals surface area contributed by atoms with E-state index in [1.807, 2.05) is 6.07 Å². The van der Waals surface area contributed by atoms with Gasteiger partial charge in [-0.05, 0) is 43.3 Å². The Balaban J connectivity index is 1.85. The third kappa shape index (κ3) is 5.35. The second kappa shape index (κ2) is 7.84. The van der Waals surface area contributed by atoms with E-state index < -0.39 is 18.0 Å². The smallest absolute Gasteiger partial charge is 0.417 e. The van der Waals surface area contributed by atoms with Crippen LogP contribution in [-0.4, -0.2) is 23.8 Å². The van der Waals surface area contributed by atoms with E-state index in [4.69, 9.17) is 14.6 Å². The molecular formula is C17H17NO5. The van der Waals surface area contributed by atoms with Crippen molar-refractivity contribution in [2.24, 2.45) is 5.92 Å². The zero-order valence-corrected chi connectivity index (χ0v) is 12.6. The summed E-state index contributed by atoms with van der Waals surface area (Å²) in [4.78, 5) is 22.4. The van der Waals surface area contributed by atoms with Crippen molar-refractivity contribution in [2.45, 2.75) is 6.92 Å². The number of hydrogen-bond donors (Lipinski definition) is 2. The van der Waals surface area contributed by atoms with E-state index in [9.17, 15) is 9.59 Å². The highest BCUT2D eigenvalue weighted by Crippen LogP contribution is 2.17. The number of carboxylic acid groups (broad SMARTS) is 1. The lowest BCUT2D eigenvalue weighted by atomic mass is 10.2. The molecule has 0 aliphatic heterocycles. The zero-order chi connectivity index (χ0) is 16.7. The summed E-state index contributed by atoms with van der Waals surface area (Å²) in [5, 5.41) is 11.4. The molecule has 0 saturated carbocycles. The van der Waals surface area contributed by atoms with Crippen LogP contribution in [0.3, 0.4) is 0 Å². The number of hydrogen-bond acceptors (Lipinski definition) is 4. The maximum absolute atomic E-state index is 11.7. The molecule has 0 bridgehead atoms. The first-order valence-corrected chi connectivity index (χ1v) is 7.04. The largest absolute Gasteiger partial charge is 0.493 e. The number of ether oxygens (including phenoxy) is 2. The number of para-hydroxylation sites is 1. The van der Waals surface area contributed by atoms with Crippen molar-refractivity contribution in [3.63, 3.8) is 0 Å². The lowest BCUT2D eigenvalue weighted by molar-refractivity contribution is -0.142. The molecule has 2 aromatic carbocycles. The fourth-order valence-corrected chi connectivity index (χ4v) is 1.67. The highest BCUT2D eigenvalue weighted by Gasteiger charge is 2.11. The normalized spacial score (nSPS) is 11.3. The van der Waals surface area contributed by atoms with Crippen LogP contribution in [0.25, 0.3) is 0 Å². The molecule has 0 saturated heterocycles. The van der Waals surface area contributed by atoms with Crippen LogP contribution < -0.4 is 14.8 Å². The van der Waals surface area contributed by atoms with Crippen molar-refractivity contribution in [3.8, 4) is 11.5 Å². The summed E-state index contributed by atoms with van der Waals surface area (Å²) in [6.45, 7) is 1.65. The molecule has 0 aromatic heterocycles. The van der Waals surface area contributed by atoms with Gasteiger partial charge in [-0.2, -0.15) is 0 Å². The van der Waals surface area contributed by atoms with Gasteiger partial charge in [0.2, 0.25) is 0 Å². The molecule has 0 aliphatic rings. The Kier molecular flexibility index (Phi) is 5.57. The minimum Gasteiger partial charge on any atom is -0.493 e. The van der Waals surface area contributed by atoms with Crippen molar-refractivity contribution in [1.29, 1.82) is 0 Å². The third-order valence-electron chi connectivity index (χ3n) is 2.98. The Morgan fingerprint density at radius 1 is 1.04 bits per heavy atom. The number of aliphatic carboxylic acids is 1. The molecule has 0 spiro atoms. The number of carboxylic acids is 1. The van der Waals surface area contributed by atoms with E-state index in [0.717, 1.165) is 0 Å². The molecule has 0 radical (unpaired) electrons. The number of anilines is 1. The van der Waals surface area contributed by atoms with Crippen LogP contribution in [0.15, 0.2) is 54.6 Å². The van der Waals surface area contributed by atoms with Gasteiger partial charge in [0.1, 0.15) is 18.1 Å². The van der Waals surface area contributed by atoms with Gasteiger partial charge in [0.05, 0.1) is 5.92 Å². The maximum atomic E-state index is 11.7. The summed E-state index contributed by atoms with van der Waals surface area (Å²) in [6, 6.07) is 15.3. The van der Waals surface area contributed by atoms with Gasteiger partial charge in [-0.25, -0.2) is 4.79 Å². The molecule has 2 rings (SSSR count). The Bertz CT molecular complexity index is 654. The summed E-state index contributed by atoms with van der Waals surface area (Å²) in [5.41, 5.74) is 0.546. The molecule has 23 heavy (non-hydrogen) atoms. The Morgan fingerprint density at radius 2 is 1.70 bits per heavy atom. The topological polar surface area (TPSA) is 84.9 Å². The van der Waals surface area contributed by atoms with Crippen LogP contribution in [0.2, 0.25) is 0 Å². The summed E-state index contributed by atoms with van der Waals surface area (Å²) in [6.07, 6.45) is -0.593. The standard InChI is InChI=1S/C17H17NO5/c1-12(16(19)20)11-22-14-9-7-13(8-10-14)18-17(21)23-15-5-3-2-4-6-15/h2-10,12H,11H2,1H3,(H,18,21)(H,19,20). The van der Waals surface area contributed by atoms with Crippen LogP contribution in [0, 0.1) is 5.92 Å². The zero-order valence-electron chi connectivity index (χ0n) is 12.6. The molecule has 0 heterocycles. The number of rotatable bonds is 6. The Morgan fingerprint density at radius 3 is 2.30 bits per heavy atom. The summed E-state index contributed by atoms with van der Waals surface area (Å²) >= 11 is 0. The number of carbonyl (C=O) groups excluding carboxylic acids is 1. The average Bonchev–Trinajstić information content (AvgIpc) is 2.54. The third-order valence-corrected chi connectivity index (χ3v) is 2.98. The van der Waals surface area contributed by atoms with Gasteiger partial charge in [-0.1, -0.05) is 18.2 Å². The Hall–Kier alpha value is -3.02. The van der Waals surface area contributed by atoms with Gasteiger partial charge in [-0.3, -0.25) is 10.1 Å². The highest BCUT2D eigenvalue weighted by atomic mass is 16.6. The van der Waals surface area contributed by atoms with Gasteiger partial charge in [0.15, 0.2) is 0 Å². The molecule has 1 amide bonds. The minimum atomic E-state index is -0.910. The monoisotopic (exact) mass is 315 g/mol. The molecule has 2 N–H and O–H groups in total. The maximum Gasteiger partial charge on any atom is 0.417 e. The number of nitrogens with one attached hydrogen (secondary N) is 1. The molecule has 2 aromatic rings. The Labute approximate surface area is 133 Å². The first-order valence-electron chi connectivity index (χ1n) is 7.04. The van der Waals surface area contributed by atoms with E-state index in [0.29, 0.717) is 17.2 Å². The second-order valence-electron chi connectivity index (χ2n) is 4.90. The van der Waals surface area contributed by atoms with Gasteiger partial charge >= 0.3 is 12.1 Å². The van der Waals surface area contributed by atoms with E-state index in [-0.39, 0.29) is 6.61 Å². The van der Waals surface area contributed by atoms with Gasteiger partial charge < -0.3 is 14.6 Å². The quantitative estimate of drug-likeness (QED) is 0.853. The fraction of sp³-hybridized carbons (Fsp3) is 0.176. The van der Waals surface area contributed by atoms with Crippen molar-refractivity contribution < 1.29 is 24.2 Å². The van der Waals surface area contributed by atoms with Gasteiger partial charge in [0.25, 0.3) is 0 Å². The first-order chi connectivity index (χ1) is 11.0. The van der Waals surface area contributed by atoms with E-state index in [1.54, 1.807) is 55.5 Å². The van der Waals surface area contributed by atoms with Crippen LogP contribution in [0.1, 0.15) is 6.92 Å². The summed E-state index contributed by atoms with van der Waals surface area (Å²) in [5.74, 6) is -0.520. The second-order valence-corrected chi connectivity index (χ2v) is 4.90. The molecular weight excluding hydrogens is 298 g/mol. The predicted octanol–water partition coefficient (Wildman–Crippen LogP) is 3.40. The first kappa shape index (κ1) is 16.4. The van der Waals surface area contributed by atoms with Crippen molar-refractivity contribution in [2.75, 3.05) is 11.9 Å². The molecule has 1 unspecified atom stereocenters. The van der Waals surface area contributed by atoms with Crippen molar-refractivity contribution in [1.82, 2.24) is 0 Å². The van der Waals surface area contributed by atoms with E-state index >= 15 is 0 Å². The molecule has 6 nitrogen and oxygen atoms in total. The van der Waals surface area contributed by atoms with E-state index in [1.165, 1.54) is 0 Å². The lowest BCUT2D eigenvalue weighted by Crippen LogP contribution is -2.18. The van der Waals surface area contributed by atoms with Crippen molar-refractivity contribution >= 4 is 17.7 Å². The fourth-order valence-electron chi connectivity index (χ4n) is 1.67. The minimum absolute atomic E-state index is 0.0815. The SMILES string of the molecule is CC(COc1ccc(NC(=O)Oc2ccccc2)cc1)C(=O)O. The average molecular weight is 315 g/mol. The number of benzene rings is 2. The molecule has 0 fully saturated rings. The lowest BCUT2D eigenvalue weighted by Gasteiger charge is -2.10. The number of carbonyl (C=O) groups is 2. The van der Waals surface area contributed by atoms with Crippen LogP contribution in [-0.2, 0) is 4.79 Å². The van der Waals surface area contributed by atoms with Crippen LogP contribution >= 0.6 is 0 Å². The van der Waals surface area contributed by atoms with Crippen molar-refractivity contribution in [3.05, 3.63) is 54.6 Å². The van der Waals surface area contributed by atoms with Crippen LogP contribution in [0.4, 0.5) is 10.5 Å². The summed E-state index contributed by atoms with van der Waals surface area (Å²) < 4.78 is 10.5. The predicted molar refractivity (Wildman–Crippen MR) is 84.8 cm³/mol. The molecule has 6 heteroatoms. The van der Waals surface area contributed by atoms with Gasteiger partial charge in [-0.15, -0.1) is 0 Å². The van der Waals surface area contributed by atoms with Gasteiger partial charge in [0, 0.05) is 5.69 Å². The highest BCUT2D eigenvalue weighted by molar-refractivity contribution is 5.86. The summed E-state index contributed by atoms with van der Waals surface area (Å²) in [7, 11) is 0. The molecule has 1 atom stereocenters. The molecule has 0 aliphatic carbocycles. The van der Waals surface area contributed by atoms with Crippen LogP contribution in [0.5, 0.6) is 11.5 Å². The van der Waals surface area contributed by atoms with E-state index in [2.05, 4.69) is 5.32 Å².